The third-order valence-electron chi connectivity index (χ3n) is 8.03. The monoisotopic (exact) mass is 557 g/mol. The topological polar surface area (TPSA) is 115 Å². The average molecular weight is 558 g/mol. The van der Waals surface area contributed by atoms with Crippen LogP contribution in [0.2, 0.25) is 18.1 Å². The lowest BCUT2D eigenvalue weighted by molar-refractivity contribution is -0.125. The van der Waals surface area contributed by atoms with Gasteiger partial charge in [0, 0.05) is 18.2 Å². The van der Waals surface area contributed by atoms with Crippen LogP contribution >= 0.6 is 0 Å². The summed E-state index contributed by atoms with van der Waals surface area (Å²) in [5.41, 5.74) is 7.25. The summed E-state index contributed by atoms with van der Waals surface area (Å²) >= 11 is 0. The molecule has 0 spiro atoms. The van der Waals surface area contributed by atoms with E-state index in [4.69, 9.17) is 4.43 Å². The maximum Gasteiger partial charge on any atom is 0.269 e. The molecule has 9 nitrogen and oxygen atoms in total. The minimum absolute atomic E-state index is 0.0861. The maximum atomic E-state index is 13.1. The Morgan fingerprint density at radius 1 is 1.16 bits per heavy atom. The predicted molar refractivity (Wildman–Crippen MR) is 152 cm³/mol. The van der Waals surface area contributed by atoms with Gasteiger partial charge in [-0.2, -0.15) is 0 Å². The summed E-state index contributed by atoms with van der Waals surface area (Å²) in [6, 6.07) is 8.25. The van der Waals surface area contributed by atoms with E-state index in [0.717, 1.165) is 22.4 Å². The Balaban J connectivity index is 1.43. The number of anilines is 1. The number of hydrogen-bond donors (Lipinski definition) is 2. The van der Waals surface area contributed by atoms with E-state index in [-0.39, 0.29) is 39.4 Å². The number of hydrazine groups is 1. The van der Waals surface area contributed by atoms with Gasteiger partial charge in [-0.25, -0.2) is 22.4 Å². The van der Waals surface area contributed by atoms with E-state index in [1.54, 1.807) is 30.3 Å². The van der Waals surface area contributed by atoms with E-state index in [1.165, 1.54) is 12.4 Å². The normalized spacial score (nSPS) is 20.6. The molecule has 3 atom stereocenters. The molecule has 206 valence electrons. The van der Waals surface area contributed by atoms with E-state index >= 15 is 0 Å². The predicted octanol–water partition coefficient (Wildman–Crippen LogP) is 5.25. The van der Waals surface area contributed by atoms with Gasteiger partial charge in [0.15, 0.2) is 19.8 Å². The summed E-state index contributed by atoms with van der Waals surface area (Å²) in [5, 5.41) is 0.117. The zero-order valence-corrected chi connectivity index (χ0v) is 25.1. The van der Waals surface area contributed by atoms with Gasteiger partial charge in [-0.15, -0.1) is 0 Å². The molecular weight excluding hydrogens is 518 g/mol. The molecule has 0 aliphatic heterocycles. The highest BCUT2D eigenvalue weighted by Crippen LogP contribution is 2.42. The lowest BCUT2D eigenvalue weighted by atomic mass is 9.93. The molecule has 0 bridgehead atoms. The number of fused-ring (bicyclic) bond motifs is 1. The van der Waals surface area contributed by atoms with Gasteiger partial charge in [0.05, 0.1) is 11.1 Å². The third kappa shape index (κ3) is 5.64. The fourth-order valence-corrected chi connectivity index (χ4v) is 7.40. The van der Waals surface area contributed by atoms with Crippen molar-refractivity contribution in [3.8, 4) is 0 Å². The van der Waals surface area contributed by atoms with Crippen LogP contribution in [0.15, 0.2) is 47.6 Å². The molecule has 0 radical (unpaired) electrons. The zero-order valence-electron chi connectivity index (χ0n) is 23.3. The highest BCUT2D eigenvalue weighted by atomic mass is 32.2. The Bertz CT molecular complexity index is 1410. The van der Waals surface area contributed by atoms with Crippen molar-refractivity contribution in [2.75, 3.05) is 5.43 Å². The molecular formula is C27H39N5O4SSi. The van der Waals surface area contributed by atoms with Crippen molar-refractivity contribution < 1.29 is 17.6 Å². The standard InChI is InChI=1S/C27H39N5O4SSi/c1-8-19-15-20(36-38(6,7)27(3,4)5)16-22(19)26(33)31-30-24-17-28-25-23(29-24)13-14-32(25)37(34,35)21-11-9-18(2)10-12-21/h9-14,17,19-20,22H,8,15-16H2,1-7H3,(H,29,30)(H,31,33)/t19-,20+,22+/m1/s1. The highest BCUT2D eigenvalue weighted by Gasteiger charge is 2.44. The van der Waals surface area contributed by atoms with Gasteiger partial charge in [-0.1, -0.05) is 51.8 Å². The van der Waals surface area contributed by atoms with Crippen molar-refractivity contribution in [1.29, 1.82) is 0 Å². The average Bonchev–Trinajstić information content (AvgIpc) is 3.45. The van der Waals surface area contributed by atoms with Gasteiger partial charge < -0.3 is 4.43 Å². The number of hydrogen-bond acceptors (Lipinski definition) is 7. The molecule has 38 heavy (non-hydrogen) atoms. The second-order valence-electron chi connectivity index (χ2n) is 11.8. The van der Waals surface area contributed by atoms with Crippen LogP contribution in [0.5, 0.6) is 0 Å². The molecule has 1 aliphatic rings. The molecule has 2 heterocycles. The fraction of sp³-hybridized carbons (Fsp3) is 0.519. The summed E-state index contributed by atoms with van der Waals surface area (Å²) in [4.78, 5) is 22.1. The maximum absolute atomic E-state index is 13.1. The Labute approximate surface area is 226 Å². The van der Waals surface area contributed by atoms with Gasteiger partial charge in [0.1, 0.15) is 5.52 Å². The molecule has 0 saturated heterocycles. The zero-order chi connectivity index (χ0) is 27.9. The SMILES string of the molecule is CC[C@@H]1C[C@H](O[Si](C)(C)C(C)(C)C)C[C@@H]1C(=O)NNc1cnc2c(ccn2S(=O)(=O)c2ccc(C)cc2)n1. The number of benzene rings is 1. The van der Waals surface area contributed by atoms with Crippen LogP contribution < -0.4 is 10.9 Å². The van der Waals surface area contributed by atoms with E-state index in [2.05, 4.69) is 61.6 Å². The van der Waals surface area contributed by atoms with Crippen molar-refractivity contribution in [1.82, 2.24) is 19.4 Å². The molecule has 1 amide bonds. The van der Waals surface area contributed by atoms with Crippen LogP contribution in [-0.2, 0) is 19.2 Å². The van der Waals surface area contributed by atoms with Crippen LogP contribution in [0.1, 0.15) is 52.5 Å². The number of carbonyl (C=O) groups excluding carboxylic acids is 1. The number of rotatable bonds is 8. The molecule has 2 N–H and O–H groups in total. The fourth-order valence-electron chi connectivity index (χ4n) is 4.72. The van der Waals surface area contributed by atoms with Crippen LogP contribution in [0.3, 0.4) is 0 Å². The number of nitrogens with zero attached hydrogens (tertiary/aromatic N) is 3. The lowest BCUT2D eigenvalue weighted by Gasteiger charge is -2.38. The summed E-state index contributed by atoms with van der Waals surface area (Å²) in [6.07, 6.45) is 5.43. The number of nitrogens with one attached hydrogen (secondary N) is 2. The summed E-state index contributed by atoms with van der Waals surface area (Å²) < 4.78 is 34.0. The molecule has 11 heteroatoms. The van der Waals surface area contributed by atoms with E-state index < -0.39 is 18.3 Å². The first-order valence-electron chi connectivity index (χ1n) is 13.1. The van der Waals surface area contributed by atoms with E-state index in [0.29, 0.717) is 17.8 Å². The van der Waals surface area contributed by atoms with Crippen LogP contribution in [0.4, 0.5) is 5.82 Å². The Kier molecular flexibility index (Phi) is 7.75. The van der Waals surface area contributed by atoms with Gasteiger partial charge in [-0.05, 0) is 62.0 Å². The Hall–Kier alpha value is -2.76. The third-order valence-corrected chi connectivity index (χ3v) is 14.2. The van der Waals surface area contributed by atoms with E-state index in [9.17, 15) is 13.2 Å². The number of aromatic nitrogens is 3. The summed E-state index contributed by atoms with van der Waals surface area (Å²) in [6.45, 7) is 15.2. The Morgan fingerprint density at radius 3 is 2.47 bits per heavy atom. The molecule has 1 fully saturated rings. The van der Waals surface area contributed by atoms with Crippen LogP contribution in [-0.4, -0.2) is 42.7 Å². The first kappa shape index (κ1) is 28.3. The van der Waals surface area contributed by atoms with Crippen molar-refractivity contribution in [3.05, 3.63) is 48.3 Å². The minimum Gasteiger partial charge on any atom is -0.414 e. The number of carbonyl (C=O) groups is 1. The highest BCUT2D eigenvalue weighted by molar-refractivity contribution is 7.90. The molecule has 4 rings (SSSR count). The van der Waals surface area contributed by atoms with Crippen LogP contribution in [0, 0.1) is 18.8 Å². The van der Waals surface area contributed by atoms with Crippen molar-refractivity contribution in [2.45, 2.75) is 83.0 Å². The molecule has 2 aromatic heterocycles. The largest absolute Gasteiger partial charge is 0.414 e. The lowest BCUT2D eigenvalue weighted by Crippen LogP contribution is -2.43. The second kappa shape index (κ2) is 10.4. The number of amides is 1. The van der Waals surface area contributed by atoms with Crippen molar-refractivity contribution in [2.24, 2.45) is 11.8 Å². The summed E-state index contributed by atoms with van der Waals surface area (Å²) in [7, 11) is -5.73. The molecule has 1 aliphatic carbocycles. The van der Waals surface area contributed by atoms with Crippen molar-refractivity contribution >= 4 is 41.2 Å². The van der Waals surface area contributed by atoms with Crippen LogP contribution in [0.25, 0.3) is 11.2 Å². The van der Waals surface area contributed by atoms with Crippen molar-refractivity contribution in [3.63, 3.8) is 0 Å². The quantitative estimate of drug-likeness (QED) is 0.287. The van der Waals surface area contributed by atoms with Gasteiger partial charge in [0.2, 0.25) is 5.91 Å². The summed E-state index contributed by atoms with van der Waals surface area (Å²) in [5.74, 6) is 0.330. The Morgan fingerprint density at radius 2 is 1.84 bits per heavy atom. The molecule has 0 unspecified atom stereocenters. The molecule has 1 aromatic carbocycles. The van der Waals surface area contributed by atoms with Gasteiger partial charge >= 0.3 is 0 Å². The van der Waals surface area contributed by atoms with Gasteiger partial charge in [-0.3, -0.25) is 15.6 Å². The number of aryl methyl sites for hydroxylation is 1. The smallest absolute Gasteiger partial charge is 0.269 e. The first-order chi connectivity index (χ1) is 17.7. The first-order valence-corrected chi connectivity index (χ1v) is 17.5. The molecule has 1 saturated carbocycles. The van der Waals surface area contributed by atoms with E-state index in [1.807, 2.05) is 6.92 Å². The van der Waals surface area contributed by atoms with Gasteiger partial charge in [0.25, 0.3) is 10.0 Å². The second-order valence-corrected chi connectivity index (χ2v) is 18.3. The molecule has 3 aromatic rings. The minimum atomic E-state index is -3.81.